The molecule has 2 aliphatic rings. The lowest BCUT2D eigenvalue weighted by Crippen LogP contribution is -2.39. The number of aryl methyl sites for hydroxylation is 1. The minimum absolute atomic E-state index is 0.163. The van der Waals surface area contributed by atoms with Gasteiger partial charge in [0.2, 0.25) is 11.8 Å². The molecular weight excluding hydrogens is 433 g/mol. The largest absolute Gasteiger partial charge is 0.379 e. The number of piperidine rings is 2. The maximum atomic E-state index is 14.8. The van der Waals surface area contributed by atoms with Crippen molar-refractivity contribution in [3.05, 3.63) is 59.0 Å². The Bertz CT molecular complexity index is 1230. The maximum absolute atomic E-state index is 14.8. The number of para-hydroxylation sites is 1. The zero-order valence-electron chi connectivity index (χ0n) is 19.4. The molecule has 2 aliphatic heterocycles. The molecule has 178 valence electrons. The van der Waals surface area contributed by atoms with Crippen LogP contribution < -0.4 is 10.6 Å². The number of carbonyl (C=O) groups is 2. The Kier molecular flexibility index (Phi) is 6.32. The van der Waals surface area contributed by atoms with Gasteiger partial charge in [0.05, 0.1) is 22.8 Å². The van der Waals surface area contributed by atoms with Gasteiger partial charge in [0.25, 0.3) is 0 Å². The molecule has 3 heterocycles. The van der Waals surface area contributed by atoms with E-state index in [1.54, 1.807) is 10.7 Å². The first-order valence-corrected chi connectivity index (χ1v) is 12.0. The van der Waals surface area contributed by atoms with E-state index in [9.17, 15) is 14.0 Å². The number of hydrogen-bond acceptors (Lipinski definition) is 5. The number of carbonyl (C=O) groups excluding carboxylic acids is 2. The highest BCUT2D eigenvalue weighted by Gasteiger charge is 2.31. The molecule has 0 bridgehead atoms. The molecule has 8 heteroatoms. The van der Waals surface area contributed by atoms with Gasteiger partial charge in [-0.05, 0) is 50.0 Å². The van der Waals surface area contributed by atoms with Crippen molar-refractivity contribution in [2.75, 3.05) is 18.4 Å². The fourth-order valence-electron chi connectivity index (χ4n) is 5.10. The molecule has 0 spiro atoms. The first kappa shape index (κ1) is 22.5. The van der Waals surface area contributed by atoms with Gasteiger partial charge < -0.3 is 5.32 Å². The molecule has 7 nitrogen and oxygen atoms in total. The average Bonchev–Trinajstić information content (AvgIpc) is 3.17. The lowest BCUT2D eigenvalue weighted by atomic mass is 9.92. The second-order valence-corrected chi connectivity index (χ2v) is 9.33. The number of nitrogens with one attached hydrogen (secondary N) is 2. The second-order valence-electron chi connectivity index (χ2n) is 9.33. The smallest absolute Gasteiger partial charge is 0.235 e. The summed E-state index contributed by atoms with van der Waals surface area (Å²) in [4.78, 5) is 26.3. The van der Waals surface area contributed by atoms with Crippen molar-refractivity contribution < 1.29 is 14.0 Å². The first-order chi connectivity index (χ1) is 16.5. The molecule has 2 N–H and O–H groups in total. The summed E-state index contributed by atoms with van der Waals surface area (Å²) < 4.78 is 16.6. The van der Waals surface area contributed by atoms with E-state index in [1.165, 1.54) is 19.3 Å². The zero-order valence-corrected chi connectivity index (χ0v) is 19.4. The third kappa shape index (κ3) is 4.55. The van der Waals surface area contributed by atoms with Crippen molar-refractivity contribution in [2.45, 2.75) is 51.1 Å². The number of anilines is 1. The Morgan fingerprint density at radius 2 is 1.97 bits per heavy atom. The van der Waals surface area contributed by atoms with Gasteiger partial charge in [0.15, 0.2) is 0 Å². The van der Waals surface area contributed by atoms with Gasteiger partial charge in [0, 0.05) is 37.5 Å². The van der Waals surface area contributed by atoms with E-state index in [2.05, 4.69) is 20.6 Å². The van der Waals surface area contributed by atoms with Crippen LogP contribution in [0.25, 0.3) is 10.9 Å². The molecule has 0 saturated carbocycles. The van der Waals surface area contributed by atoms with Crippen molar-refractivity contribution in [1.29, 1.82) is 0 Å². The molecule has 2 saturated heterocycles. The molecule has 34 heavy (non-hydrogen) atoms. The van der Waals surface area contributed by atoms with Crippen molar-refractivity contribution in [2.24, 2.45) is 7.05 Å². The van der Waals surface area contributed by atoms with E-state index in [-0.39, 0.29) is 17.6 Å². The minimum Gasteiger partial charge on any atom is -0.379 e. The summed E-state index contributed by atoms with van der Waals surface area (Å²) in [5, 5.41) is 11.3. The Balaban J connectivity index is 1.32. The van der Waals surface area contributed by atoms with Crippen LogP contribution in [-0.2, 0) is 29.7 Å². The lowest BCUT2D eigenvalue weighted by molar-refractivity contribution is -0.134. The number of halogens is 1. The molecule has 3 aromatic rings. The minimum atomic E-state index is -0.446. The zero-order chi connectivity index (χ0) is 23.7. The molecule has 1 atom stereocenters. The van der Waals surface area contributed by atoms with Gasteiger partial charge in [-0.25, -0.2) is 4.39 Å². The van der Waals surface area contributed by atoms with E-state index in [0.29, 0.717) is 31.6 Å². The third-order valence-electron chi connectivity index (χ3n) is 6.91. The highest BCUT2D eigenvalue weighted by Crippen LogP contribution is 2.33. The topological polar surface area (TPSA) is 79.3 Å². The Hall–Kier alpha value is -3.26. The number of likely N-dealkylation sites (tertiary alicyclic amines) is 1. The summed E-state index contributed by atoms with van der Waals surface area (Å²) in [6.07, 6.45) is 4.41. The van der Waals surface area contributed by atoms with E-state index in [4.69, 9.17) is 0 Å². The van der Waals surface area contributed by atoms with Crippen LogP contribution in [0.15, 0.2) is 36.4 Å². The Morgan fingerprint density at radius 1 is 1.15 bits per heavy atom. The van der Waals surface area contributed by atoms with Crippen LogP contribution in [0.3, 0.4) is 0 Å². The molecule has 2 fully saturated rings. The first-order valence-electron chi connectivity index (χ1n) is 12.0. The van der Waals surface area contributed by atoms with Gasteiger partial charge in [-0.15, -0.1) is 0 Å². The number of hydrogen-bond donors (Lipinski definition) is 2. The number of rotatable bonds is 6. The number of nitrogens with zero attached hydrogens (tertiary/aromatic N) is 3. The average molecular weight is 464 g/mol. The quantitative estimate of drug-likeness (QED) is 0.543. The number of amides is 2. The van der Waals surface area contributed by atoms with Gasteiger partial charge in [-0.1, -0.05) is 30.7 Å². The van der Waals surface area contributed by atoms with Crippen molar-refractivity contribution in [3.63, 3.8) is 0 Å². The van der Waals surface area contributed by atoms with Gasteiger partial charge in [0.1, 0.15) is 5.82 Å². The number of benzene rings is 2. The number of imide groups is 1. The van der Waals surface area contributed by atoms with Crippen molar-refractivity contribution in [3.8, 4) is 0 Å². The van der Waals surface area contributed by atoms with E-state index in [0.717, 1.165) is 40.8 Å². The summed E-state index contributed by atoms with van der Waals surface area (Å²) in [6.45, 7) is 3.21. The normalized spacial score (nSPS) is 19.4. The summed E-state index contributed by atoms with van der Waals surface area (Å²) in [5.74, 6) is -1.14. The summed E-state index contributed by atoms with van der Waals surface area (Å²) in [7, 11) is 1.85. The molecule has 1 aromatic heterocycles. The van der Waals surface area contributed by atoms with E-state index in [1.807, 2.05) is 37.4 Å². The molecule has 0 radical (unpaired) electrons. The fourth-order valence-corrected chi connectivity index (χ4v) is 5.10. The highest BCUT2D eigenvalue weighted by molar-refractivity contribution is 6.03. The van der Waals surface area contributed by atoms with Crippen LogP contribution in [0.5, 0.6) is 0 Å². The maximum Gasteiger partial charge on any atom is 0.235 e. The van der Waals surface area contributed by atoms with Gasteiger partial charge in [-0.3, -0.25) is 24.5 Å². The molecular formula is C26H30FN5O2. The second kappa shape index (κ2) is 9.54. The molecule has 0 aliphatic carbocycles. The summed E-state index contributed by atoms with van der Waals surface area (Å²) >= 11 is 0. The Labute approximate surface area is 198 Å². The van der Waals surface area contributed by atoms with Crippen LogP contribution in [-0.4, -0.2) is 39.6 Å². The molecule has 5 rings (SSSR count). The molecule has 1 unspecified atom stereocenters. The van der Waals surface area contributed by atoms with Crippen LogP contribution in [0.2, 0.25) is 0 Å². The molecule has 2 aromatic carbocycles. The van der Waals surface area contributed by atoms with Gasteiger partial charge >= 0.3 is 0 Å². The monoisotopic (exact) mass is 463 g/mol. The predicted molar refractivity (Wildman–Crippen MR) is 129 cm³/mol. The van der Waals surface area contributed by atoms with Crippen molar-refractivity contribution >= 4 is 28.4 Å². The Morgan fingerprint density at radius 3 is 2.74 bits per heavy atom. The standard InChI is InChI=1S/C26H30FN5O2/c1-31-25-19(24(30-31)20-10-11-23(33)29-26(20)34)6-5-7-22(25)28-15-17-8-9-18(21(27)14-17)16-32-12-3-2-4-13-32/h5-9,14,20,28H,2-4,10-13,15-16H2,1H3,(H,29,33,34). The van der Waals surface area contributed by atoms with E-state index >= 15 is 0 Å². The third-order valence-corrected chi connectivity index (χ3v) is 6.91. The predicted octanol–water partition coefficient (Wildman–Crippen LogP) is 3.83. The highest BCUT2D eigenvalue weighted by atomic mass is 19.1. The summed E-state index contributed by atoms with van der Waals surface area (Å²) in [5.41, 5.74) is 4.03. The number of fused-ring (bicyclic) bond motifs is 1. The van der Waals surface area contributed by atoms with Crippen LogP contribution >= 0.6 is 0 Å². The summed E-state index contributed by atoms with van der Waals surface area (Å²) in [6, 6.07) is 11.3. The SMILES string of the molecule is Cn1nc(C2CCC(=O)NC2=O)c2cccc(NCc3ccc(CN4CCCCC4)c(F)c3)c21. The van der Waals surface area contributed by atoms with Crippen LogP contribution in [0.1, 0.15) is 54.8 Å². The lowest BCUT2D eigenvalue weighted by Gasteiger charge is -2.26. The van der Waals surface area contributed by atoms with Crippen LogP contribution in [0.4, 0.5) is 10.1 Å². The van der Waals surface area contributed by atoms with E-state index < -0.39 is 5.92 Å². The fraction of sp³-hybridized carbons (Fsp3) is 0.423. The molecule has 2 amide bonds. The van der Waals surface area contributed by atoms with Crippen LogP contribution in [0, 0.1) is 5.82 Å². The van der Waals surface area contributed by atoms with Crippen molar-refractivity contribution in [1.82, 2.24) is 20.0 Å². The number of aromatic nitrogens is 2. The van der Waals surface area contributed by atoms with Gasteiger partial charge in [-0.2, -0.15) is 5.10 Å².